The van der Waals surface area contributed by atoms with E-state index in [0.717, 1.165) is 18.4 Å². The molecule has 0 aliphatic heterocycles. The SMILES string of the molecule is CC(C)OCC(C)C1CCCCC1. The summed E-state index contributed by atoms with van der Waals surface area (Å²) in [4.78, 5) is 0. The third-order valence-corrected chi connectivity index (χ3v) is 3.15. The van der Waals surface area contributed by atoms with Gasteiger partial charge in [-0.3, -0.25) is 0 Å². The van der Waals surface area contributed by atoms with Gasteiger partial charge in [0.05, 0.1) is 6.10 Å². The third-order valence-electron chi connectivity index (χ3n) is 3.15. The van der Waals surface area contributed by atoms with Gasteiger partial charge in [-0.1, -0.05) is 39.0 Å². The molecule has 1 saturated carbocycles. The third kappa shape index (κ3) is 4.12. The van der Waals surface area contributed by atoms with E-state index >= 15 is 0 Å². The van der Waals surface area contributed by atoms with E-state index in [4.69, 9.17) is 4.74 Å². The molecule has 0 N–H and O–H groups in total. The summed E-state index contributed by atoms with van der Waals surface area (Å²) in [5.74, 6) is 1.70. The van der Waals surface area contributed by atoms with Gasteiger partial charge in [-0.05, 0) is 25.7 Å². The minimum absolute atomic E-state index is 0.394. The lowest BCUT2D eigenvalue weighted by Crippen LogP contribution is -2.21. The molecule has 0 aromatic rings. The molecule has 0 heterocycles. The summed E-state index contributed by atoms with van der Waals surface area (Å²) in [7, 11) is 0. The van der Waals surface area contributed by atoms with Crippen LogP contribution in [0.5, 0.6) is 0 Å². The van der Waals surface area contributed by atoms with Gasteiger partial charge in [0.25, 0.3) is 0 Å². The molecule has 0 amide bonds. The van der Waals surface area contributed by atoms with Gasteiger partial charge in [0.15, 0.2) is 0 Å². The molecule has 1 atom stereocenters. The van der Waals surface area contributed by atoms with Crippen LogP contribution in [0.1, 0.15) is 52.9 Å². The zero-order chi connectivity index (χ0) is 9.68. The van der Waals surface area contributed by atoms with Crippen LogP contribution in [0.3, 0.4) is 0 Å². The maximum atomic E-state index is 5.66. The van der Waals surface area contributed by atoms with Gasteiger partial charge < -0.3 is 4.74 Å². The maximum Gasteiger partial charge on any atom is 0.0519 e. The molecule has 1 fully saturated rings. The maximum absolute atomic E-state index is 5.66. The van der Waals surface area contributed by atoms with Crippen LogP contribution >= 0.6 is 0 Å². The second-order valence-corrected chi connectivity index (χ2v) is 4.76. The van der Waals surface area contributed by atoms with Crippen LogP contribution in [-0.4, -0.2) is 12.7 Å². The average Bonchev–Trinajstić information content (AvgIpc) is 2.15. The highest BCUT2D eigenvalue weighted by atomic mass is 16.5. The second kappa shape index (κ2) is 5.64. The second-order valence-electron chi connectivity index (χ2n) is 4.76. The fraction of sp³-hybridized carbons (Fsp3) is 1.00. The predicted octanol–water partition coefficient (Wildman–Crippen LogP) is 3.63. The quantitative estimate of drug-likeness (QED) is 0.648. The monoisotopic (exact) mass is 184 g/mol. The summed E-state index contributed by atoms with van der Waals surface area (Å²) >= 11 is 0. The highest BCUT2D eigenvalue weighted by molar-refractivity contribution is 4.70. The van der Waals surface area contributed by atoms with Crippen molar-refractivity contribution < 1.29 is 4.74 Å². The van der Waals surface area contributed by atoms with E-state index < -0.39 is 0 Å². The molecule has 1 heteroatoms. The molecule has 13 heavy (non-hydrogen) atoms. The van der Waals surface area contributed by atoms with Crippen LogP contribution in [-0.2, 0) is 4.74 Å². The van der Waals surface area contributed by atoms with Crippen LogP contribution in [0.2, 0.25) is 0 Å². The van der Waals surface area contributed by atoms with E-state index in [1.54, 1.807) is 0 Å². The smallest absolute Gasteiger partial charge is 0.0519 e. The molecule has 1 aliphatic carbocycles. The van der Waals surface area contributed by atoms with E-state index in [9.17, 15) is 0 Å². The van der Waals surface area contributed by atoms with Gasteiger partial charge in [-0.25, -0.2) is 0 Å². The largest absolute Gasteiger partial charge is 0.379 e. The van der Waals surface area contributed by atoms with Crippen molar-refractivity contribution >= 4 is 0 Å². The van der Waals surface area contributed by atoms with Crippen molar-refractivity contribution in [2.45, 2.75) is 59.0 Å². The van der Waals surface area contributed by atoms with Crippen molar-refractivity contribution in [1.82, 2.24) is 0 Å². The Morgan fingerprint density at radius 3 is 2.23 bits per heavy atom. The lowest BCUT2D eigenvalue weighted by Gasteiger charge is -2.27. The Morgan fingerprint density at radius 1 is 1.08 bits per heavy atom. The molecule has 0 saturated heterocycles. The molecule has 0 radical (unpaired) electrons. The first-order valence-electron chi connectivity index (χ1n) is 5.81. The molecular weight excluding hydrogens is 160 g/mol. The Labute approximate surface area is 82.9 Å². The van der Waals surface area contributed by atoms with Crippen molar-refractivity contribution in [3.8, 4) is 0 Å². The minimum atomic E-state index is 0.394. The Kier molecular flexibility index (Phi) is 4.79. The zero-order valence-electron chi connectivity index (χ0n) is 9.38. The first-order valence-corrected chi connectivity index (χ1v) is 5.81. The Morgan fingerprint density at radius 2 is 1.69 bits per heavy atom. The van der Waals surface area contributed by atoms with Gasteiger partial charge in [0, 0.05) is 6.61 Å². The van der Waals surface area contributed by atoms with Crippen LogP contribution in [0.15, 0.2) is 0 Å². The molecule has 1 rings (SSSR count). The van der Waals surface area contributed by atoms with Gasteiger partial charge in [0.1, 0.15) is 0 Å². The fourth-order valence-corrected chi connectivity index (χ4v) is 2.18. The fourth-order valence-electron chi connectivity index (χ4n) is 2.18. The molecule has 0 bridgehead atoms. The first kappa shape index (κ1) is 11.0. The Bertz CT molecular complexity index is 125. The van der Waals surface area contributed by atoms with Crippen molar-refractivity contribution in [1.29, 1.82) is 0 Å². The summed E-state index contributed by atoms with van der Waals surface area (Å²) < 4.78 is 5.66. The Balaban J connectivity index is 2.17. The molecule has 1 unspecified atom stereocenters. The molecule has 78 valence electrons. The predicted molar refractivity (Wildman–Crippen MR) is 56.8 cm³/mol. The highest BCUT2D eigenvalue weighted by Crippen LogP contribution is 2.29. The summed E-state index contributed by atoms with van der Waals surface area (Å²) in [6.45, 7) is 7.54. The van der Waals surface area contributed by atoms with Gasteiger partial charge in [-0.15, -0.1) is 0 Å². The van der Waals surface area contributed by atoms with Gasteiger partial charge in [0.2, 0.25) is 0 Å². The molecule has 1 aliphatic rings. The number of rotatable bonds is 4. The van der Waals surface area contributed by atoms with Crippen molar-refractivity contribution in [2.75, 3.05) is 6.61 Å². The van der Waals surface area contributed by atoms with E-state index in [1.165, 1.54) is 32.1 Å². The van der Waals surface area contributed by atoms with Crippen LogP contribution in [0, 0.1) is 11.8 Å². The first-order chi connectivity index (χ1) is 6.20. The van der Waals surface area contributed by atoms with Crippen LogP contribution in [0.25, 0.3) is 0 Å². The Hall–Kier alpha value is -0.0400. The van der Waals surface area contributed by atoms with Gasteiger partial charge >= 0.3 is 0 Å². The number of ether oxygens (including phenoxy) is 1. The van der Waals surface area contributed by atoms with Crippen molar-refractivity contribution in [2.24, 2.45) is 11.8 Å². The van der Waals surface area contributed by atoms with Crippen molar-refractivity contribution in [3.05, 3.63) is 0 Å². The molecule has 0 aromatic carbocycles. The normalized spacial score (nSPS) is 22.2. The lowest BCUT2D eigenvalue weighted by atomic mass is 9.81. The number of hydrogen-bond acceptors (Lipinski definition) is 1. The van der Waals surface area contributed by atoms with E-state index in [2.05, 4.69) is 20.8 Å². The summed E-state index contributed by atoms with van der Waals surface area (Å²) in [6.07, 6.45) is 7.60. The van der Waals surface area contributed by atoms with E-state index in [-0.39, 0.29) is 0 Å². The standard InChI is InChI=1S/C12H24O/c1-10(2)13-9-11(3)12-7-5-4-6-8-12/h10-12H,4-9H2,1-3H3. The highest BCUT2D eigenvalue weighted by Gasteiger charge is 2.20. The summed E-state index contributed by atoms with van der Waals surface area (Å²) in [6, 6.07) is 0. The van der Waals surface area contributed by atoms with E-state index in [0.29, 0.717) is 6.10 Å². The van der Waals surface area contributed by atoms with E-state index in [1.807, 2.05) is 0 Å². The summed E-state index contributed by atoms with van der Waals surface area (Å²) in [5.41, 5.74) is 0. The molecular formula is C12H24O. The van der Waals surface area contributed by atoms with Crippen molar-refractivity contribution in [3.63, 3.8) is 0 Å². The lowest BCUT2D eigenvalue weighted by molar-refractivity contribution is 0.0341. The zero-order valence-corrected chi connectivity index (χ0v) is 9.38. The molecule has 0 spiro atoms. The summed E-state index contributed by atoms with van der Waals surface area (Å²) in [5, 5.41) is 0. The van der Waals surface area contributed by atoms with Crippen LogP contribution < -0.4 is 0 Å². The molecule has 1 nitrogen and oxygen atoms in total. The topological polar surface area (TPSA) is 9.23 Å². The minimum Gasteiger partial charge on any atom is -0.379 e. The van der Waals surface area contributed by atoms with Crippen LogP contribution in [0.4, 0.5) is 0 Å². The van der Waals surface area contributed by atoms with Gasteiger partial charge in [-0.2, -0.15) is 0 Å². The average molecular weight is 184 g/mol. The molecule has 0 aromatic heterocycles. The number of hydrogen-bond donors (Lipinski definition) is 0.